The zero-order valence-corrected chi connectivity index (χ0v) is 12.9. The minimum atomic E-state index is 0.677. The second kappa shape index (κ2) is 4.04. The van der Waals surface area contributed by atoms with Crippen LogP contribution in [0.3, 0.4) is 0 Å². The highest BCUT2D eigenvalue weighted by atomic mass is 16.6. The number of allylic oxidation sites excluding steroid dienone is 4. The van der Waals surface area contributed by atoms with Gasteiger partial charge in [0.2, 0.25) is 0 Å². The van der Waals surface area contributed by atoms with Crippen LogP contribution in [-0.2, 0) is 4.74 Å². The van der Waals surface area contributed by atoms with Gasteiger partial charge in [0.15, 0.2) is 0 Å². The predicted molar refractivity (Wildman–Crippen MR) is 82.8 cm³/mol. The summed E-state index contributed by atoms with van der Waals surface area (Å²) in [6, 6.07) is 0. The minimum Gasteiger partial charge on any atom is -0.369 e. The quantitative estimate of drug-likeness (QED) is 0.590. The van der Waals surface area contributed by atoms with Crippen molar-refractivity contribution in [3.8, 4) is 0 Å². The number of hydrogen-bond acceptors (Lipinski definition) is 1. The van der Waals surface area contributed by atoms with Crippen LogP contribution in [0.2, 0.25) is 0 Å². The van der Waals surface area contributed by atoms with Crippen LogP contribution in [-0.4, -0.2) is 12.2 Å². The smallest absolute Gasteiger partial charge is 0.0873 e. The fourth-order valence-electron chi connectivity index (χ4n) is 7.18. The summed E-state index contributed by atoms with van der Waals surface area (Å²) in [5, 5.41) is 0. The lowest BCUT2D eigenvalue weighted by molar-refractivity contribution is 0.0127. The van der Waals surface area contributed by atoms with Gasteiger partial charge in [-0.1, -0.05) is 11.6 Å². The van der Waals surface area contributed by atoms with Crippen molar-refractivity contribution >= 4 is 0 Å². The van der Waals surface area contributed by atoms with E-state index in [-0.39, 0.29) is 0 Å². The lowest BCUT2D eigenvalue weighted by atomic mass is 9.49. The van der Waals surface area contributed by atoms with Crippen molar-refractivity contribution in [1.29, 1.82) is 0 Å². The van der Waals surface area contributed by atoms with E-state index in [0.29, 0.717) is 12.2 Å². The van der Waals surface area contributed by atoms with E-state index in [4.69, 9.17) is 4.74 Å². The Kier molecular flexibility index (Phi) is 2.30. The fraction of sp³-hybridized carbons (Fsp3) is 0.800. The van der Waals surface area contributed by atoms with Crippen LogP contribution in [0.15, 0.2) is 22.8 Å². The molecule has 1 heteroatoms. The summed E-state index contributed by atoms with van der Waals surface area (Å²) in [6.45, 7) is 0. The molecular formula is C20H26O. The van der Waals surface area contributed by atoms with Crippen molar-refractivity contribution in [3.05, 3.63) is 22.8 Å². The third-order valence-electron chi connectivity index (χ3n) is 7.88. The van der Waals surface area contributed by atoms with Gasteiger partial charge in [-0.25, -0.2) is 0 Å². The van der Waals surface area contributed by atoms with Crippen molar-refractivity contribution in [2.24, 2.45) is 29.6 Å². The van der Waals surface area contributed by atoms with Crippen LogP contribution in [0, 0.1) is 29.6 Å². The van der Waals surface area contributed by atoms with E-state index in [9.17, 15) is 0 Å². The molecule has 0 N–H and O–H groups in total. The van der Waals surface area contributed by atoms with E-state index in [1.807, 2.05) is 11.1 Å². The molecule has 7 unspecified atom stereocenters. The molecule has 1 nitrogen and oxygen atoms in total. The second-order valence-corrected chi connectivity index (χ2v) is 8.61. The molecule has 6 rings (SSSR count). The van der Waals surface area contributed by atoms with Gasteiger partial charge in [-0.2, -0.15) is 0 Å². The fourth-order valence-corrected chi connectivity index (χ4v) is 7.18. The Morgan fingerprint density at radius 3 is 3.00 bits per heavy atom. The molecule has 6 aliphatic rings. The Morgan fingerprint density at radius 2 is 2.00 bits per heavy atom. The molecule has 0 bridgehead atoms. The van der Waals surface area contributed by atoms with Gasteiger partial charge >= 0.3 is 0 Å². The maximum atomic E-state index is 6.06. The van der Waals surface area contributed by atoms with Gasteiger partial charge in [0.1, 0.15) is 0 Å². The third kappa shape index (κ3) is 1.52. The van der Waals surface area contributed by atoms with Crippen molar-refractivity contribution in [1.82, 2.24) is 0 Å². The molecular weight excluding hydrogens is 256 g/mol. The Bertz CT molecular complexity index is 556. The first-order valence-corrected chi connectivity index (χ1v) is 9.47. The average Bonchev–Trinajstić information content (AvgIpc) is 3.31. The zero-order valence-electron chi connectivity index (χ0n) is 12.9. The van der Waals surface area contributed by atoms with Gasteiger partial charge in [-0.3, -0.25) is 0 Å². The molecule has 4 fully saturated rings. The highest BCUT2D eigenvalue weighted by Crippen LogP contribution is 2.64. The standard InChI is InChI=1S/C20H26O/c1-2-4-14-11(3-1)9-12-5-6-13-10-17-20(21-17)16-8-7-15(14)18(12)19(13)16/h3,12-13,16-20H,1-2,4-10H2. The molecule has 5 aliphatic carbocycles. The van der Waals surface area contributed by atoms with E-state index in [2.05, 4.69) is 6.08 Å². The topological polar surface area (TPSA) is 12.5 Å². The molecule has 0 amide bonds. The number of epoxide rings is 1. The lowest BCUT2D eigenvalue weighted by Gasteiger charge is -2.55. The summed E-state index contributed by atoms with van der Waals surface area (Å²) in [5.41, 5.74) is 5.58. The van der Waals surface area contributed by atoms with Gasteiger partial charge in [0, 0.05) is 0 Å². The summed E-state index contributed by atoms with van der Waals surface area (Å²) >= 11 is 0. The summed E-state index contributed by atoms with van der Waals surface area (Å²) < 4.78 is 6.06. The van der Waals surface area contributed by atoms with Crippen LogP contribution in [0.1, 0.15) is 57.8 Å². The summed E-state index contributed by atoms with van der Waals surface area (Å²) in [6.07, 6.45) is 16.8. The molecule has 1 heterocycles. The molecule has 0 aromatic carbocycles. The molecule has 0 aromatic rings. The van der Waals surface area contributed by atoms with Crippen LogP contribution < -0.4 is 0 Å². The first-order chi connectivity index (χ1) is 10.4. The second-order valence-electron chi connectivity index (χ2n) is 8.61. The summed E-state index contributed by atoms with van der Waals surface area (Å²) in [4.78, 5) is 0. The molecule has 0 spiro atoms. The van der Waals surface area contributed by atoms with Crippen LogP contribution >= 0.6 is 0 Å². The summed E-state index contributed by atoms with van der Waals surface area (Å²) in [5.74, 6) is 4.91. The number of hydrogen-bond donors (Lipinski definition) is 0. The van der Waals surface area contributed by atoms with E-state index < -0.39 is 0 Å². The highest BCUT2D eigenvalue weighted by molar-refractivity contribution is 5.43. The van der Waals surface area contributed by atoms with E-state index in [1.165, 1.54) is 57.8 Å². The molecule has 1 saturated heterocycles. The molecule has 1 aliphatic heterocycles. The van der Waals surface area contributed by atoms with Crippen LogP contribution in [0.5, 0.6) is 0 Å². The maximum Gasteiger partial charge on any atom is 0.0873 e. The van der Waals surface area contributed by atoms with Gasteiger partial charge < -0.3 is 4.74 Å². The molecule has 3 saturated carbocycles. The van der Waals surface area contributed by atoms with Gasteiger partial charge in [-0.15, -0.1) is 0 Å². The molecule has 0 aromatic heterocycles. The molecule has 21 heavy (non-hydrogen) atoms. The average molecular weight is 282 g/mol. The van der Waals surface area contributed by atoms with Gasteiger partial charge in [-0.05, 0) is 98.5 Å². The van der Waals surface area contributed by atoms with Crippen molar-refractivity contribution < 1.29 is 4.74 Å². The number of fused-ring (bicyclic) bond motifs is 3. The van der Waals surface area contributed by atoms with Gasteiger partial charge in [0.25, 0.3) is 0 Å². The molecule has 7 atom stereocenters. The Hall–Kier alpha value is -0.560. The van der Waals surface area contributed by atoms with E-state index in [0.717, 1.165) is 29.6 Å². The lowest BCUT2D eigenvalue weighted by Crippen LogP contribution is -2.49. The monoisotopic (exact) mass is 282 g/mol. The maximum absolute atomic E-state index is 6.06. The normalized spacial score (nSPS) is 53.3. The van der Waals surface area contributed by atoms with E-state index >= 15 is 0 Å². The minimum absolute atomic E-state index is 0.677. The predicted octanol–water partition coefficient (Wildman–Crippen LogP) is 4.64. The van der Waals surface area contributed by atoms with Crippen LogP contribution in [0.25, 0.3) is 0 Å². The Balaban J connectivity index is 1.48. The van der Waals surface area contributed by atoms with E-state index in [1.54, 1.807) is 5.57 Å². The summed E-state index contributed by atoms with van der Waals surface area (Å²) in [7, 11) is 0. The van der Waals surface area contributed by atoms with Crippen molar-refractivity contribution in [3.63, 3.8) is 0 Å². The number of ether oxygens (including phenoxy) is 1. The first-order valence-electron chi connectivity index (χ1n) is 9.47. The largest absolute Gasteiger partial charge is 0.369 e. The molecule has 0 radical (unpaired) electrons. The third-order valence-corrected chi connectivity index (χ3v) is 7.88. The zero-order chi connectivity index (χ0) is 13.6. The first kappa shape index (κ1) is 11.9. The number of rotatable bonds is 0. The Labute approximate surface area is 127 Å². The van der Waals surface area contributed by atoms with Gasteiger partial charge in [0.05, 0.1) is 12.2 Å². The molecule has 112 valence electrons. The van der Waals surface area contributed by atoms with Crippen LogP contribution in [0.4, 0.5) is 0 Å². The Morgan fingerprint density at radius 1 is 1.05 bits per heavy atom. The van der Waals surface area contributed by atoms with Crippen molar-refractivity contribution in [2.75, 3.05) is 0 Å². The SMILES string of the molecule is C1=C2CC3CCC4CC5OC5C5CCC(=C2CCC1)C3C45. The highest BCUT2D eigenvalue weighted by Gasteiger charge is 2.60. The van der Waals surface area contributed by atoms with Crippen molar-refractivity contribution in [2.45, 2.75) is 70.0 Å².